The van der Waals surface area contributed by atoms with Gasteiger partial charge in [-0.25, -0.2) is 4.79 Å². The highest BCUT2D eigenvalue weighted by Gasteiger charge is 2.36. The number of aromatic nitrogens is 1. The molecule has 1 N–H and O–H groups in total. The Morgan fingerprint density at radius 3 is 2.65 bits per heavy atom. The lowest BCUT2D eigenvalue weighted by Gasteiger charge is -2.03. The monoisotopic (exact) mass is 304 g/mol. The van der Waals surface area contributed by atoms with Crippen LogP contribution in [0.2, 0.25) is 0 Å². The maximum atomic E-state index is 12.7. The third-order valence-electron chi connectivity index (χ3n) is 2.17. The van der Waals surface area contributed by atoms with E-state index in [0.29, 0.717) is 4.47 Å². The molecule has 0 bridgehead atoms. The number of halogens is 4. The molecule has 0 amide bonds. The van der Waals surface area contributed by atoms with Crippen LogP contribution >= 0.6 is 15.9 Å². The molecule has 1 aromatic carbocycles. The number of nitrogens with zero attached hydrogens (tertiary/aromatic N) is 1. The van der Waals surface area contributed by atoms with Crippen LogP contribution in [0.5, 0.6) is 0 Å². The lowest BCUT2D eigenvalue weighted by atomic mass is 10.2. The maximum absolute atomic E-state index is 12.7. The van der Waals surface area contributed by atoms with E-state index in [9.17, 15) is 18.0 Å². The fraction of sp³-hybridized carbons (Fsp3) is 0.100. The molecule has 0 saturated carbocycles. The standard InChI is InChI=1S/C10H4BrF3N2O/c11-5-1-2-6-7(3-5)16-9(10(12,13)14)8(6)15-4-17/h1-3,16H. The van der Waals surface area contributed by atoms with E-state index in [0.717, 1.165) is 6.08 Å². The Labute approximate surface area is 101 Å². The van der Waals surface area contributed by atoms with Crippen molar-refractivity contribution in [2.75, 3.05) is 0 Å². The first-order chi connectivity index (χ1) is 7.93. The van der Waals surface area contributed by atoms with Crippen molar-refractivity contribution in [3.05, 3.63) is 28.4 Å². The van der Waals surface area contributed by atoms with Crippen molar-refractivity contribution in [3.8, 4) is 0 Å². The molecule has 3 nitrogen and oxygen atoms in total. The van der Waals surface area contributed by atoms with Gasteiger partial charge in [-0.2, -0.15) is 18.2 Å². The number of fused-ring (bicyclic) bond motifs is 1. The lowest BCUT2D eigenvalue weighted by molar-refractivity contribution is -0.140. The van der Waals surface area contributed by atoms with E-state index in [2.05, 4.69) is 25.9 Å². The van der Waals surface area contributed by atoms with Crippen molar-refractivity contribution in [2.24, 2.45) is 4.99 Å². The van der Waals surface area contributed by atoms with E-state index >= 15 is 0 Å². The predicted molar refractivity (Wildman–Crippen MR) is 58.8 cm³/mol. The van der Waals surface area contributed by atoms with Crippen LogP contribution in [-0.4, -0.2) is 11.1 Å². The maximum Gasteiger partial charge on any atom is 0.433 e. The van der Waals surface area contributed by atoms with Crippen LogP contribution < -0.4 is 0 Å². The minimum atomic E-state index is -4.60. The summed E-state index contributed by atoms with van der Waals surface area (Å²) in [5, 5.41) is 0.226. The summed E-state index contributed by atoms with van der Waals surface area (Å²) in [5.41, 5.74) is -1.23. The van der Waals surface area contributed by atoms with E-state index in [1.807, 2.05) is 0 Å². The number of hydrogen-bond donors (Lipinski definition) is 1. The van der Waals surface area contributed by atoms with Crippen molar-refractivity contribution in [1.29, 1.82) is 0 Å². The molecule has 0 saturated heterocycles. The highest BCUT2D eigenvalue weighted by atomic mass is 79.9. The zero-order chi connectivity index (χ0) is 12.6. The molecule has 0 fully saturated rings. The van der Waals surface area contributed by atoms with E-state index in [1.165, 1.54) is 12.1 Å². The van der Waals surface area contributed by atoms with Crippen LogP contribution in [0.3, 0.4) is 0 Å². The van der Waals surface area contributed by atoms with Crippen molar-refractivity contribution >= 4 is 38.6 Å². The van der Waals surface area contributed by atoms with E-state index in [1.54, 1.807) is 6.07 Å². The number of nitrogens with one attached hydrogen (secondary N) is 1. The summed E-state index contributed by atoms with van der Waals surface area (Å²) in [6, 6.07) is 4.50. The molecule has 0 aliphatic heterocycles. The van der Waals surface area contributed by atoms with Gasteiger partial charge in [0.25, 0.3) is 0 Å². The molecule has 0 aliphatic rings. The van der Waals surface area contributed by atoms with E-state index < -0.39 is 17.6 Å². The smallest absolute Gasteiger partial charge is 0.349 e. The lowest BCUT2D eigenvalue weighted by Crippen LogP contribution is -2.05. The Morgan fingerprint density at radius 2 is 2.06 bits per heavy atom. The van der Waals surface area contributed by atoms with Gasteiger partial charge in [0.15, 0.2) is 0 Å². The van der Waals surface area contributed by atoms with Crippen molar-refractivity contribution in [2.45, 2.75) is 6.18 Å². The molecule has 88 valence electrons. The minimum Gasteiger partial charge on any atom is -0.349 e. The largest absolute Gasteiger partial charge is 0.433 e. The molecule has 17 heavy (non-hydrogen) atoms. The number of H-pyrrole nitrogens is 1. The van der Waals surface area contributed by atoms with Gasteiger partial charge in [0, 0.05) is 15.4 Å². The Kier molecular flexibility index (Phi) is 2.81. The van der Waals surface area contributed by atoms with Crippen LogP contribution in [0, 0.1) is 0 Å². The molecule has 0 radical (unpaired) electrons. The number of alkyl halides is 3. The molecular weight excluding hydrogens is 301 g/mol. The van der Waals surface area contributed by atoms with Gasteiger partial charge in [-0.1, -0.05) is 15.9 Å². The predicted octanol–water partition coefficient (Wildman–Crippen LogP) is 3.92. The average Bonchev–Trinajstić information content (AvgIpc) is 2.56. The normalized spacial score (nSPS) is 11.5. The third kappa shape index (κ3) is 2.11. The van der Waals surface area contributed by atoms with Gasteiger partial charge in [-0.05, 0) is 18.2 Å². The van der Waals surface area contributed by atoms with Crippen molar-refractivity contribution in [1.82, 2.24) is 4.98 Å². The number of hydrogen-bond acceptors (Lipinski definition) is 2. The summed E-state index contributed by atoms with van der Waals surface area (Å²) >= 11 is 3.15. The molecule has 2 rings (SSSR count). The molecule has 0 aliphatic carbocycles. The number of aromatic amines is 1. The van der Waals surface area contributed by atoms with Crippen LogP contribution in [0.1, 0.15) is 5.69 Å². The van der Waals surface area contributed by atoms with Crippen molar-refractivity contribution < 1.29 is 18.0 Å². The zero-order valence-corrected chi connectivity index (χ0v) is 9.69. The van der Waals surface area contributed by atoms with Crippen LogP contribution in [-0.2, 0) is 11.0 Å². The SMILES string of the molecule is O=C=Nc1c(C(F)(F)F)[nH]c2cc(Br)ccc12. The second kappa shape index (κ2) is 4.01. The van der Waals surface area contributed by atoms with Crippen molar-refractivity contribution in [3.63, 3.8) is 0 Å². The van der Waals surface area contributed by atoms with Gasteiger partial charge in [-0.15, -0.1) is 0 Å². The molecule has 2 aromatic rings. The number of isocyanates is 1. The highest BCUT2D eigenvalue weighted by Crippen LogP contribution is 2.40. The number of rotatable bonds is 1. The summed E-state index contributed by atoms with van der Waals surface area (Å²) in [4.78, 5) is 15.5. The number of carbonyl (C=O) groups excluding carboxylic acids is 1. The van der Waals surface area contributed by atoms with Crippen LogP contribution in [0.4, 0.5) is 18.9 Å². The Bertz CT molecular complexity index is 626. The fourth-order valence-electron chi connectivity index (χ4n) is 1.52. The third-order valence-corrected chi connectivity index (χ3v) is 2.67. The molecule has 1 heterocycles. The second-order valence-electron chi connectivity index (χ2n) is 3.24. The quantitative estimate of drug-likeness (QED) is 0.630. The summed E-state index contributed by atoms with van der Waals surface area (Å²) < 4.78 is 38.7. The van der Waals surface area contributed by atoms with Crippen LogP contribution in [0.25, 0.3) is 10.9 Å². The number of benzene rings is 1. The molecule has 0 unspecified atom stereocenters. The van der Waals surface area contributed by atoms with Gasteiger partial charge in [-0.3, -0.25) is 0 Å². The molecule has 7 heteroatoms. The van der Waals surface area contributed by atoms with E-state index in [4.69, 9.17) is 0 Å². The first-order valence-corrected chi connectivity index (χ1v) is 5.19. The Morgan fingerprint density at radius 1 is 1.35 bits per heavy atom. The minimum absolute atomic E-state index is 0.226. The van der Waals surface area contributed by atoms with Crippen LogP contribution in [0.15, 0.2) is 27.7 Å². The topological polar surface area (TPSA) is 45.2 Å². The second-order valence-corrected chi connectivity index (χ2v) is 4.16. The van der Waals surface area contributed by atoms with Gasteiger partial charge in [0.2, 0.25) is 6.08 Å². The van der Waals surface area contributed by atoms with Gasteiger partial charge in [0.1, 0.15) is 11.4 Å². The first kappa shape index (κ1) is 11.9. The average molecular weight is 305 g/mol. The highest BCUT2D eigenvalue weighted by molar-refractivity contribution is 9.10. The zero-order valence-electron chi connectivity index (χ0n) is 8.10. The molecule has 0 spiro atoms. The first-order valence-electron chi connectivity index (χ1n) is 4.40. The molecule has 0 atom stereocenters. The van der Waals surface area contributed by atoms with Gasteiger partial charge < -0.3 is 4.98 Å². The Hall–Kier alpha value is -1.59. The molecule has 1 aromatic heterocycles. The Balaban J connectivity index is 2.84. The summed E-state index contributed by atoms with van der Waals surface area (Å²) in [5.74, 6) is 0. The van der Waals surface area contributed by atoms with E-state index in [-0.39, 0.29) is 10.9 Å². The summed E-state index contributed by atoms with van der Waals surface area (Å²) in [6.07, 6.45) is -3.46. The van der Waals surface area contributed by atoms with Gasteiger partial charge in [0.05, 0.1) is 0 Å². The fourth-order valence-corrected chi connectivity index (χ4v) is 1.88. The number of aliphatic imine (C=N–C) groups is 1. The summed E-state index contributed by atoms with van der Waals surface area (Å²) in [7, 11) is 0. The summed E-state index contributed by atoms with van der Waals surface area (Å²) in [6.45, 7) is 0. The molecular formula is C10H4BrF3N2O. The van der Waals surface area contributed by atoms with Gasteiger partial charge >= 0.3 is 6.18 Å².